The highest BCUT2D eigenvalue weighted by molar-refractivity contribution is 6.30. The molecule has 0 bridgehead atoms. The van der Waals surface area contributed by atoms with Gasteiger partial charge in [0.15, 0.2) is 11.7 Å². The van der Waals surface area contributed by atoms with Crippen molar-refractivity contribution in [3.63, 3.8) is 0 Å². The fourth-order valence-electron chi connectivity index (χ4n) is 6.70. The molecule has 2 aromatic carbocycles. The number of anilines is 1. The second kappa shape index (κ2) is 13.0. The first-order valence-corrected chi connectivity index (χ1v) is 15.3. The molecule has 2 aliphatic carbocycles. The molecule has 1 aliphatic heterocycles. The Morgan fingerprint density at radius 3 is 2.48 bits per heavy atom. The van der Waals surface area contributed by atoms with Gasteiger partial charge in [0.25, 0.3) is 0 Å². The number of ketones is 2. The van der Waals surface area contributed by atoms with E-state index >= 15 is 0 Å². The molecule has 3 aliphatic rings. The van der Waals surface area contributed by atoms with E-state index in [2.05, 4.69) is 15.3 Å². The summed E-state index contributed by atoms with van der Waals surface area (Å²) in [5.41, 5.74) is 13.2. The molecule has 6 rings (SSSR count). The zero-order valence-corrected chi connectivity index (χ0v) is 26.2. The van der Waals surface area contributed by atoms with Crippen LogP contribution in [0.1, 0.15) is 73.3 Å². The first-order valence-electron chi connectivity index (χ1n) is 15.3. The molecular weight excluding hydrogens is 626 g/mol. The Bertz CT molecular complexity index is 1780. The van der Waals surface area contributed by atoms with Gasteiger partial charge >= 0.3 is 0 Å². The molecule has 10 N–H and O–H groups in total. The Morgan fingerprint density at radius 2 is 1.81 bits per heavy atom. The van der Waals surface area contributed by atoms with Crippen LogP contribution in [0.5, 0.6) is 17.2 Å². The van der Waals surface area contributed by atoms with Crippen LogP contribution in [0.15, 0.2) is 41.5 Å². The number of rotatable bonds is 7. The summed E-state index contributed by atoms with van der Waals surface area (Å²) < 4.78 is 16.8. The van der Waals surface area contributed by atoms with E-state index in [9.17, 15) is 35.1 Å². The lowest BCUT2D eigenvalue weighted by molar-refractivity contribution is -0.277. The summed E-state index contributed by atoms with van der Waals surface area (Å²) in [6.45, 7) is -0.705. The van der Waals surface area contributed by atoms with Gasteiger partial charge in [0.2, 0.25) is 12.1 Å². The number of methoxy groups -OCH3 is 1. The van der Waals surface area contributed by atoms with Crippen molar-refractivity contribution < 1.29 is 49.3 Å². The summed E-state index contributed by atoms with van der Waals surface area (Å²) in [6, 6.07) is 7.32. The van der Waals surface area contributed by atoms with Crippen LogP contribution in [0.4, 0.5) is 5.82 Å². The van der Waals surface area contributed by atoms with Gasteiger partial charge in [-0.25, -0.2) is 4.98 Å². The van der Waals surface area contributed by atoms with Gasteiger partial charge in [-0.15, -0.1) is 0 Å². The summed E-state index contributed by atoms with van der Waals surface area (Å²) in [7, 11) is 2.86. The number of aliphatic imine (C=N–C) groups is 1. The lowest BCUT2D eigenvalue weighted by Gasteiger charge is -2.40. The molecule has 0 saturated carbocycles. The molecule has 15 heteroatoms. The maximum absolute atomic E-state index is 14.4. The summed E-state index contributed by atoms with van der Waals surface area (Å²) in [6.07, 6.45) is -4.78. The number of aromatic nitrogens is 1. The third-order valence-electron chi connectivity index (χ3n) is 9.20. The number of aliphatic hydroxyl groups is 4. The summed E-state index contributed by atoms with van der Waals surface area (Å²) in [5.74, 6) is -1.52. The summed E-state index contributed by atoms with van der Waals surface area (Å²) in [4.78, 5) is 36.8. The second-order valence-corrected chi connectivity index (χ2v) is 12.0. The highest BCUT2D eigenvalue weighted by Crippen LogP contribution is 2.49. The van der Waals surface area contributed by atoms with E-state index < -0.39 is 60.7 Å². The van der Waals surface area contributed by atoms with Crippen LogP contribution >= 0.6 is 0 Å². The number of hydrogen-bond donors (Lipinski definition) is 8. The molecule has 2 heterocycles. The fourth-order valence-corrected chi connectivity index (χ4v) is 6.70. The van der Waals surface area contributed by atoms with Gasteiger partial charge in [0.05, 0.1) is 30.9 Å². The number of hydrogen-bond acceptors (Lipinski definition) is 13. The average molecular weight is 664 g/mol. The van der Waals surface area contributed by atoms with Crippen LogP contribution in [0.3, 0.4) is 0 Å². The number of nitrogen functional groups attached to an aromatic ring is 1. The smallest absolute Gasteiger partial charge is 0.229 e. The van der Waals surface area contributed by atoms with Gasteiger partial charge in [0, 0.05) is 36.0 Å². The molecular formula is C33H37N5O10. The quantitative estimate of drug-likeness (QED) is 0.0959. The molecule has 0 radical (unpaired) electrons. The number of benzene rings is 2. The lowest BCUT2D eigenvalue weighted by Crippen LogP contribution is -2.60. The number of phenols is 1. The molecule has 3 aromatic rings. The highest BCUT2D eigenvalue weighted by atomic mass is 16.7. The fraction of sp³-hybridized carbons (Fsp3) is 0.394. The number of phenolic OH excluding ortho intramolecular Hbond substituents is 1. The Kier molecular flexibility index (Phi) is 8.98. The van der Waals surface area contributed by atoms with Crippen LogP contribution in [0.25, 0.3) is 0 Å². The maximum Gasteiger partial charge on any atom is 0.229 e. The number of aliphatic hydroxyl groups excluding tert-OH is 4. The van der Waals surface area contributed by atoms with E-state index in [0.29, 0.717) is 36.2 Å². The number of aromatic hydroxyl groups is 1. The van der Waals surface area contributed by atoms with Gasteiger partial charge in [0.1, 0.15) is 47.5 Å². The van der Waals surface area contributed by atoms with Crippen molar-refractivity contribution in [2.75, 3.05) is 26.5 Å². The number of carbonyl (C=O) groups excluding carboxylic acids is 2. The molecule has 254 valence electrons. The molecule has 15 nitrogen and oxygen atoms in total. The third-order valence-corrected chi connectivity index (χ3v) is 9.20. The van der Waals surface area contributed by atoms with E-state index in [0.717, 1.165) is 5.56 Å². The summed E-state index contributed by atoms with van der Waals surface area (Å²) >= 11 is 0. The zero-order valence-electron chi connectivity index (χ0n) is 26.2. The molecule has 1 saturated heterocycles. The molecule has 1 aromatic heterocycles. The minimum Gasteiger partial charge on any atom is -0.507 e. The monoisotopic (exact) mass is 663 g/mol. The Hall–Kier alpha value is -4.80. The van der Waals surface area contributed by atoms with E-state index in [1.54, 1.807) is 18.3 Å². The van der Waals surface area contributed by atoms with Gasteiger partial charge < -0.3 is 56.5 Å². The van der Waals surface area contributed by atoms with E-state index in [-0.39, 0.29) is 45.6 Å². The zero-order chi connectivity index (χ0) is 34.4. The van der Waals surface area contributed by atoms with Crippen LogP contribution < -0.4 is 26.3 Å². The van der Waals surface area contributed by atoms with E-state index in [1.807, 2.05) is 6.07 Å². The first kappa shape index (κ1) is 33.1. The molecule has 7 unspecified atom stereocenters. The first-order chi connectivity index (χ1) is 23.0. The number of pyridine rings is 1. The summed E-state index contributed by atoms with van der Waals surface area (Å²) in [5, 5.41) is 55.8. The average Bonchev–Trinajstić information content (AvgIpc) is 3.08. The minimum atomic E-state index is -1.79. The van der Waals surface area contributed by atoms with Crippen molar-refractivity contribution in [3.05, 3.63) is 75.5 Å². The lowest BCUT2D eigenvalue weighted by atomic mass is 9.72. The third kappa shape index (κ3) is 5.69. The van der Waals surface area contributed by atoms with Crippen LogP contribution in [-0.4, -0.2) is 99.5 Å². The SMILES string of the molecule is CN=C(N)NC1CCC(Cc2ccc(N)nc2)c2cc3c(c(O)c21)C(=O)c1c(OC2OC(CO)C(O)C(O)C2O)cc(OC)cc1C3=O. The van der Waals surface area contributed by atoms with Gasteiger partial charge in [-0.1, -0.05) is 6.07 Å². The van der Waals surface area contributed by atoms with Crippen LogP contribution in [-0.2, 0) is 11.2 Å². The van der Waals surface area contributed by atoms with Crippen molar-refractivity contribution in [2.24, 2.45) is 10.7 Å². The highest BCUT2D eigenvalue weighted by Gasteiger charge is 2.46. The van der Waals surface area contributed by atoms with Crippen molar-refractivity contribution >= 4 is 23.3 Å². The number of nitrogens with two attached hydrogens (primary N) is 2. The minimum absolute atomic E-state index is 0.0194. The Labute approximate surface area is 274 Å². The van der Waals surface area contributed by atoms with E-state index in [4.69, 9.17) is 25.7 Å². The molecule has 0 spiro atoms. The number of nitrogens with one attached hydrogen (secondary N) is 1. The number of guanidine groups is 1. The number of fused-ring (bicyclic) bond motifs is 3. The Balaban J connectivity index is 1.47. The van der Waals surface area contributed by atoms with Crippen LogP contribution in [0, 0.1) is 0 Å². The van der Waals surface area contributed by atoms with Gasteiger partial charge in [-0.3, -0.25) is 14.6 Å². The van der Waals surface area contributed by atoms with E-state index in [1.165, 1.54) is 26.3 Å². The second-order valence-electron chi connectivity index (χ2n) is 12.0. The topological polar surface area (TPSA) is 252 Å². The van der Waals surface area contributed by atoms with Gasteiger partial charge in [-0.2, -0.15) is 0 Å². The van der Waals surface area contributed by atoms with Crippen molar-refractivity contribution in [3.8, 4) is 17.2 Å². The predicted molar refractivity (Wildman–Crippen MR) is 170 cm³/mol. The van der Waals surface area contributed by atoms with Crippen molar-refractivity contribution in [1.82, 2.24) is 10.3 Å². The van der Waals surface area contributed by atoms with Crippen molar-refractivity contribution in [1.29, 1.82) is 0 Å². The predicted octanol–water partition coefficient (Wildman–Crippen LogP) is 0.0274. The number of carbonyl (C=O) groups is 2. The van der Waals surface area contributed by atoms with Crippen molar-refractivity contribution in [2.45, 2.75) is 61.9 Å². The molecule has 48 heavy (non-hydrogen) atoms. The van der Waals surface area contributed by atoms with Crippen LogP contribution in [0.2, 0.25) is 0 Å². The molecule has 0 amide bonds. The normalized spacial score (nSPS) is 26.7. The number of nitrogens with zero attached hydrogens (tertiary/aromatic N) is 2. The maximum atomic E-state index is 14.4. The molecule has 1 fully saturated rings. The number of ether oxygens (including phenoxy) is 3. The van der Waals surface area contributed by atoms with Gasteiger partial charge in [-0.05, 0) is 54.5 Å². The largest absolute Gasteiger partial charge is 0.507 e. The standard InChI is InChI=1S/C33H37N5O10/c1-36-33(35)38-19-5-4-14(7-13-3-6-22(34)37-11-13)16-10-18-25(28(42)23(16)19)29(43)24-17(26(18)40)8-15(46-2)9-20(24)47-32-31(45)30(44)27(41)21(12-39)48-32/h3,6,8-11,14,19,21,27,30-32,39,41-42,44-45H,4-5,7,12H2,1-2H3,(H2,34,37)(H3,35,36,38). The molecule has 7 atom stereocenters. The Morgan fingerprint density at radius 1 is 1.06 bits per heavy atom.